The lowest BCUT2D eigenvalue weighted by Gasteiger charge is -2.17. The van der Waals surface area contributed by atoms with E-state index < -0.39 is 0 Å². The average molecular weight is 368 g/mol. The molecule has 27 heavy (non-hydrogen) atoms. The second-order valence-electron chi connectivity index (χ2n) is 7.85. The van der Waals surface area contributed by atoms with Crippen molar-refractivity contribution >= 4 is 5.90 Å². The van der Waals surface area contributed by atoms with E-state index in [-0.39, 0.29) is 5.54 Å². The monoisotopic (exact) mass is 368 g/mol. The molecule has 0 N–H and O–H groups in total. The van der Waals surface area contributed by atoms with E-state index in [1.165, 1.54) is 11.1 Å². The van der Waals surface area contributed by atoms with Crippen LogP contribution in [0, 0.1) is 0 Å². The Morgan fingerprint density at radius 2 is 1.70 bits per heavy atom. The molecule has 0 amide bonds. The summed E-state index contributed by atoms with van der Waals surface area (Å²) in [7, 11) is 5.43. The van der Waals surface area contributed by atoms with Crippen molar-refractivity contribution in [2.24, 2.45) is 0 Å². The van der Waals surface area contributed by atoms with Crippen molar-refractivity contribution in [2.75, 3.05) is 27.9 Å². The molecular weight excluding hydrogens is 338 g/mol. The van der Waals surface area contributed by atoms with Crippen molar-refractivity contribution in [2.45, 2.75) is 38.6 Å². The van der Waals surface area contributed by atoms with Crippen LogP contribution in [-0.4, -0.2) is 43.9 Å². The number of nitrogens with zero attached hydrogens (tertiary/aromatic N) is 1. The quantitative estimate of drug-likeness (QED) is 0.714. The van der Waals surface area contributed by atoms with Crippen LogP contribution in [0.5, 0.6) is 11.5 Å². The highest BCUT2D eigenvalue weighted by Gasteiger charge is 2.41. The zero-order chi connectivity index (χ0) is 19.6. The van der Waals surface area contributed by atoms with Crippen LogP contribution >= 0.6 is 0 Å². The SMILES string of the molecule is COc1cc(CC(C)c2ccccc2)c(C2=[N+](C)C(C)(C)CO2)cc1OC. The molecule has 2 aromatic rings. The van der Waals surface area contributed by atoms with E-state index in [0.717, 1.165) is 29.4 Å². The summed E-state index contributed by atoms with van der Waals surface area (Å²) in [6, 6.07) is 14.7. The molecule has 4 nitrogen and oxygen atoms in total. The lowest BCUT2D eigenvalue weighted by Crippen LogP contribution is -2.33. The van der Waals surface area contributed by atoms with Gasteiger partial charge in [-0.15, -0.1) is 0 Å². The van der Waals surface area contributed by atoms with Crippen molar-refractivity contribution in [1.82, 2.24) is 0 Å². The van der Waals surface area contributed by atoms with Crippen LogP contribution in [0.25, 0.3) is 0 Å². The van der Waals surface area contributed by atoms with E-state index in [2.05, 4.69) is 68.8 Å². The van der Waals surface area contributed by atoms with Gasteiger partial charge in [0.25, 0.3) is 0 Å². The summed E-state index contributed by atoms with van der Waals surface area (Å²) in [5.41, 5.74) is 3.56. The second kappa shape index (κ2) is 7.63. The van der Waals surface area contributed by atoms with Gasteiger partial charge in [0.15, 0.2) is 23.6 Å². The number of hydrogen-bond acceptors (Lipinski definition) is 3. The first-order chi connectivity index (χ1) is 12.9. The molecule has 0 aliphatic carbocycles. The van der Waals surface area contributed by atoms with Crippen LogP contribution in [0.3, 0.4) is 0 Å². The van der Waals surface area contributed by atoms with Crippen LogP contribution in [0.2, 0.25) is 0 Å². The first-order valence-electron chi connectivity index (χ1n) is 9.41. The molecule has 0 aromatic heterocycles. The minimum absolute atomic E-state index is 0.0369. The summed E-state index contributed by atoms with van der Waals surface area (Å²) in [4.78, 5) is 0. The molecule has 1 unspecified atom stereocenters. The Labute approximate surface area is 162 Å². The summed E-state index contributed by atoms with van der Waals surface area (Å²) in [5.74, 6) is 2.74. The van der Waals surface area contributed by atoms with Gasteiger partial charge in [0.2, 0.25) is 0 Å². The molecule has 0 fully saturated rings. The first-order valence-corrected chi connectivity index (χ1v) is 9.41. The second-order valence-corrected chi connectivity index (χ2v) is 7.85. The lowest BCUT2D eigenvalue weighted by atomic mass is 9.91. The zero-order valence-electron chi connectivity index (χ0n) is 17.2. The number of ether oxygens (including phenoxy) is 3. The molecule has 1 atom stereocenters. The fourth-order valence-corrected chi connectivity index (χ4v) is 3.49. The Morgan fingerprint density at radius 3 is 2.26 bits per heavy atom. The summed E-state index contributed by atoms with van der Waals surface area (Å²) in [6.07, 6.45) is 0.890. The first kappa shape index (κ1) is 19.3. The Bertz CT molecular complexity index is 840. The van der Waals surface area contributed by atoms with Crippen LogP contribution < -0.4 is 9.47 Å². The van der Waals surface area contributed by atoms with Gasteiger partial charge in [-0.3, -0.25) is 0 Å². The third-order valence-electron chi connectivity index (χ3n) is 5.51. The summed E-state index contributed by atoms with van der Waals surface area (Å²) in [5, 5.41) is 0. The Hall–Kier alpha value is -2.49. The largest absolute Gasteiger partial charge is 0.493 e. The topological polar surface area (TPSA) is 30.7 Å². The lowest BCUT2D eigenvalue weighted by molar-refractivity contribution is -0.562. The van der Waals surface area contributed by atoms with Crippen molar-refractivity contribution < 1.29 is 18.8 Å². The number of rotatable bonds is 6. The highest BCUT2D eigenvalue weighted by Crippen LogP contribution is 2.35. The number of likely N-dealkylation sites (N-methyl/N-ethyl adjacent to an activating group) is 1. The van der Waals surface area contributed by atoms with Gasteiger partial charge in [0, 0.05) is 19.9 Å². The van der Waals surface area contributed by atoms with Gasteiger partial charge in [-0.25, -0.2) is 0 Å². The molecule has 0 saturated heterocycles. The van der Waals surface area contributed by atoms with E-state index in [1.54, 1.807) is 14.2 Å². The van der Waals surface area contributed by atoms with Crippen LogP contribution in [-0.2, 0) is 11.2 Å². The molecule has 4 heteroatoms. The van der Waals surface area contributed by atoms with E-state index in [0.29, 0.717) is 12.5 Å². The maximum Gasteiger partial charge on any atom is 0.370 e. The van der Waals surface area contributed by atoms with Crippen molar-refractivity contribution in [3.05, 3.63) is 59.2 Å². The van der Waals surface area contributed by atoms with E-state index >= 15 is 0 Å². The average Bonchev–Trinajstić information content (AvgIpc) is 2.95. The van der Waals surface area contributed by atoms with Crippen molar-refractivity contribution in [3.8, 4) is 11.5 Å². The predicted octanol–water partition coefficient (Wildman–Crippen LogP) is 4.25. The van der Waals surface area contributed by atoms with Gasteiger partial charge in [-0.1, -0.05) is 37.3 Å². The summed E-state index contributed by atoms with van der Waals surface area (Å²) in [6.45, 7) is 7.30. The van der Waals surface area contributed by atoms with E-state index in [1.807, 2.05) is 6.07 Å². The normalized spacial score (nSPS) is 16.8. The maximum atomic E-state index is 6.11. The molecule has 2 aromatic carbocycles. The van der Waals surface area contributed by atoms with Gasteiger partial charge >= 0.3 is 5.90 Å². The molecule has 3 rings (SSSR count). The molecule has 0 spiro atoms. The molecule has 144 valence electrons. The molecule has 1 aliphatic heterocycles. The number of benzene rings is 2. The van der Waals surface area contributed by atoms with Crippen LogP contribution in [0.4, 0.5) is 0 Å². The third-order valence-corrected chi connectivity index (χ3v) is 5.51. The fraction of sp³-hybridized carbons (Fsp3) is 0.435. The standard InChI is InChI=1S/C23H30NO3/c1-16(17-10-8-7-9-11-17)12-18-13-20(25-5)21(26-6)14-19(18)22-24(4)23(2,3)15-27-22/h7-11,13-14,16H,12,15H2,1-6H3/q+1. The van der Waals surface area contributed by atoms with Crippen LogP contribution in [0.1, 0.15) is 43.4 Å². The fourth-order valence-electron chi connectivity index (χ4n) is 3.49. The van der Waals surface area contributed by atoms with E-state index in [4.69, 9.17) is 14.2 Å². The van der Waals surface area contributed by atoms with Gasteiger partial charge in [0.05, 0.1) is 19.8 Å². The highest BCUT2D eigenvalue weighted by atomic mass is 16.5. The molecule has 1 aliphatic rings. The molecular formula is C23H30NO3+. The summed E-state index contributed by atoms with van der Waals surface area (Å²) < 4.78 is 19.4. The Morgan fingerprint density at radius 1 is 1.07 bits per heavy atom. The molecule has 1 heterocycles. The molecule has 0 saturated carbocycles. The molecule has 0 bridgehead atoms. The molecule has 0 radical (unpaired) electrons. The van der Waals surface area contributed by atoms with Gasteiger partial charge in [-0.05, 0) is 29.5 Å². The Balaban J connectivity index is 2.07. The minimum Gasteiger partial charge on any atom is -0.493 e. The van der Waals surface area contributed by atoms with Gasteiger partial charge in [0.1, 0.15) is 7.05 Å². The number of methoxy groups -OCH3 is 2. The Kier molecular flexibility index (Phi) is 5.45. The maximum absolute atomic E-state index is 6.11. The highest BCUT2D eigenvalue weighted by molar-refractivity contribution is 5.93. The van der Waals surface area contributed by atoms with Crippen molar-refractivity contribution in [3.63, 3.8) is 0 Å². The zero-order valence-corrected chi connectivity index (χ0v) is 17.2. The number of hydrogen-bond donors (Lipinski definition) is 0. The van der Waals surface area contributed by atoms with Gasteiger partial charge in [-0.2, -0.15) is 4.58 Å². The summed E-state index contributed by atoms with van der Waals surface area (Å²) >= 11 is 0. The van der Waals surface area contributed by atoms with Crippen molar-refractivity contribution in [1.29, 1.82) is 0 Å². The van der Waals surface area contributed by atoms with Crippen LogP contribution in [0.15, 0.2) is 42.5 Å². The predicted molar refractivity (Wildman–Crippen MR) is 108 cm³/mol. The smallest absolute Gasteiger partial charge is 0.370 e. The minimum atomic E-state index is -0.0369. The van der Waals surface area contributed by atoms with Gasteiger partial charge < -0.3 is 14.2 Å². The van der Waals surface area contributed by atoms with E-state index in [9.17, 15) is 0 Å². The third kappa shape index (κ3) is 3.80.